The van der Waals surface area contributed by atoms with Crippen LogP contribution in [0, 0.1) is 17.8 Å². The monoisotopic (exact) mass is 765 g/mol. The lowest BCUT2D eigenvalue weighted by Crippen LogP contribution is -2.62. The summed E-state index contributed by atoms with van der Waals surface area (Å²) in [6.07, 6.45) is -9.32. The lowest BCUT2D eigenvalue weighted by Gasteiger charge is -2.49. The minimum Gasteiger partial charge on any atom is -0.459 e. The van der Waals surface area contributed by atoms with Crippen LogP contribution in [0.1, 0.15) is 88.0 Å². The van der Waals surface area contributed by atoms with E-state index in [0.29, 0.717) is 13.0 Å². The lowest BCUT2D eigenvalue weighted by atomic mass is 9.77. The zero-order valence-corrected chi connectivity index (χ0v) is 34.3. The number of methoxy groups -OCH3 is 1. The third-order valence-corrected chi connectivity index (χ3v) is 12.3. The number of carbonyl (C=O) groups excluding carboxylic acids is 1. The molecule has 0 aliphatic carbocycles. The molecule has 0 aromatic heterocycles. The highest BCUT2D eigenvalue weighted by molar-refractivity contribution is 5.73. The van der Waals surface area contributed by atoms with Crippen molar-refractivity contribution in [3.63, 3.8) is 0 Å². The summed E-state index contributed by atoms with van der Waals surface area (Å²) in [6.45, 7) is 15.4. The molecule has 53 heavy (non-hydrogen) atoms. The number of nitrogens with zero attached hydrogens (tertiary/aromatic N) is 2. The van der Waals surface area contributed by atoms with E-state index in [2.05, 4.69) is 0 Å². The van der Waals surface area contributed by atoms with Crippen molar-refractivity contribution < 1.29 is 63.9 Å². The number of carbonyl (C=O) groups is 1. The van der Waals surface area contributed by atoms with Gasteiger partial charge in [0.2, 0.25) is 0 Å². The van der Waals surface area contributed by atoms with Crippen molar-refractivity contribution in [1.82, 2.24) is 9.80 Å². The van der Waals surface area contributed by atoms with Crippen molar-refractivity contribution in [3.8, 4) is 0 Å². The number of aliphatic hydroxyl groups excluding tert-OH is 4. The van der Waals surface area contributed by atoms with E-state index in [4.69, 9.17) is 28.4 Å². The van der Waals surface area contributed by atoms with E-state index in [-0.39, 0.29) is 37.3 Å². The number of ether oxygens (including phenoxy) is 6. The molecule has 0 spiro atoms. The fourth-order valence-electron chi connectivity index (χ4n) is 8.84. The number of rotatable bonds is 8. The molecule has 3 aliphatic rings. The van der Waals surface area contributed by atoms with Crippen LogP contribution in [0.15, 0.2) is 0 Å². The maximum Gasteiger partial charge on any atom is 0.311 e. The lowest BCUT2D eigenvalue weighted by molar-refractivity contribution is -0.321. The first kappa shape index (κ1) is 46.3. The molecule has 3 fully saturated rings. The van der Waals surface area contributed by atoms with Crippen LogP contribution >= 0.6 is 0 Å². The Balaban J connectivity index is 2.19. The molecule has 0 aromatic carbocycles. The summed E-state index contributed by atoms with van der Waals surface area (Å²) in [7, 11) is 6.94. The fraction of sp³-hybridized carbons (Fsp3) is 0.974. The molecule has 15 heteroatoms. The summed E-state index contributed by atoms with van der Waals surface area (Å²) in [5, 5.41) is 68.5. The minimum atomic E-state index is -1.83. The van der Waals surface area contributed by atoms with Crippen LogP contribution in [-0.4, -0.2) is 178 Å². The van der Waals surface area contributed by atoms with Gasteiger partial charge in [-0.3, -0.25) is 4.79 Å². The smallest absolute Gasteiger partial charge is 0.311 e. The van der Waals surface area contributed by atoms with Gasteiger partial charge in [0.25, 0.3) is 0 Å². The maximum absolute atomic E-state index is 14.2. The number of aliphatic hydroxyl groups is 6. The van der Waals surface area contributed by atoms with Gasteiger partial charge in [0, 0.05) is 38.1 Å². The number of likely N-dealkylation sites (N-methyl/N-ethyl adjacent to an activating group) is 2. The van der Waals surface area contributed by atoms with Crippen LogP contribution in [0.3, 0.4) is 0 Å². The molecule has 6 N–H and O–H groups in total. The summed E-state index contributed by atoms with van der Waals surface area (Å²) in [5.41, 5.74) is -4.85. The standard InChI is InChI=1S/C38H72N2O13/c1-14-27-37(9,47)31(43)24(6)40(12)18-20(2)16-36(8,46)33(53-35-29(42)26(39(10)11)15-21(3)49-35)22(4)30(23(5)34(45)51-27)52-28-17-38(19-41,48-13)32(44)25(7)50-28/h20-33,35,41-44,46-47H,14-19H2,1-13H3/t20-,21-,22+,23-,24-,25+,26+,27-,28+,29-,30+,31-,32+,33-,35+,36-,37-,38+/m1/s1. The number of cyclic esters (lactones) is 1. The predicted octanol–water partition coefficient (Wildman–Crippen LogP) is 0.873. The highest BCUT2D eigenvalue weighted by Crippen LogP contribution is 2.40. The molecule has 0 saturated carbocycles. The van der Waals surface area contributed by atoms with Gasteiger partial charge >= 0.3 is 5.97 Å². The zero-order chi connectivity index (χ0) is 40.4. The first-order valence-electron chi connectivity index (χ1n) is 19.3. The van der Waals surface area contributed by atoms with Crippen LogP contribution in [-0.2, 0) is 33.2 Å². The molecule has 0 radical (unpaired) electrons. The molecule has 3 heterocycles. The van der Waals surface area contributed by atoms with Gasteiger partial charge in [0.15, 0.2) is 12.6 Å². The average Bonchev–Trinajstić information content (AvgIpc) is 3.08. The molecular weight excluding hydrogens is 692 g/mol. The van der Waals surface area contributed by atoms with E-state index in [1.54, 1.807) is 41.5 Å². The Morgan fingerprint density at radius 1 is 0.962 bits per heavy atom. The van der Waals surface area contributed by atoms with Crippen molar-refractivity contribution in [3.05, 3.63) is 0 Å². The van der Waals surface area contributed by atoms with Crippen molar-refractivity contribution in [1.29, 1.82) is 0 Å². The topological polar surface area (TPSA) is 200 Å². The van der Waals surface area contributed by atoms with Gasteiger partial charge in [0.05, 0.1) is 42.5 Å². The Hall–Kier alpha value is -1.05. The quantitative estimate of drug-likeness (QED) is 0.190. The van der Waals surface area contributed by atoms with Gasteiger partial charge < -0.3 is 68.9 Å². The molecule has 3 rings (SSSR count). The third kappa shape index (κ3) is 10.3. The Morgan fingerprint density at radius 3 is 2.13 bits per heavy atom. The zero-order valence-electron chi connectivity index (χ0n) is 34.3. The largest absolute Gasteiger partial charge is 0.459 e. The summed E-state index contributed by atoms with van der Waals surface area (Å²) in [4.78, 5) is 18.0. The first-order valence-corrected chi connectivity index (χ1v) is 19.3. The van der Waals surface area contributed by atoms with Gasteiger partial charge in [-0.25, -0.2) is 0 Å². The van der Waals surface area contributed by atoms with Crippen LogP contribution in [0.25, 0.3) is 0 Å². The molecule has 3 saturated heterocycles. The molecule has 0 unspecified atom stereocenters. The molecule has 0 aromatic rings. The number of esters is 1. The molecule has 0 bridgehead atoms. The van der Waals surface area contributed by atoms with E-state index >= 15 is 0 Å². The van der Waals surface area contributed by atoms with Crippen molar-refractivity contribution in [2.75, 3.05) is 41.4 Å². The third-order valence-electron chi connectivity index (χ3n) is 12.3. The Bertz CT molecular complexity index is 1160. The maximum atomic E-state index is 14.2. The molecule has 15 nitrogen and oxygen atoms in total. The Morgan fingerprint density at radius 2 is 1.58 bits per heavy atom. The predicted molar refractivity (Wildman–Crippen MR) is 196 cm³/mol. The normalized spacial score (nSPS) is 48.9. The van der Waals surface area contributed by atoms with Gasteiger partial charge in [-0.15, -0.1) is 0 Å². The second-order valence-electron chi connectivity index (χ2n) is 17.1. The van der Waals surface area contributed by atoms with Crippen LogP contribution in [0.2, 0.25) is 0 Å². The molecule has 3 aliphatic heterocycles. The summed E-state index contributed by atoms with van der Waals surface area (Å²) in [5.74, 6) is -2.78. The molecule has 312 valence electrons. The van der Waals surface area contributed by atoms with Crippen molar-refractivity contribution in [2.45, 2.75) is 178 Å². The minimum absolute atomic E-state index is 0.0926. The van der Waals surface area contributed by atoms with E-state index in [0.717, 1.165) is 0 Å². The van der Waals surface area contributed by atoms with E-state index in [1.165, 1.54) is 14.0 Å². The Labute approximate surface area is 316 Å². The summed E-state index contributed by atoms with van der Waals surface area (Å²) in [6, 6.07) is -0.853. The fourth-order valence-corrected chi connectivity index (χ4v) is 8.84. The highest BCUT2D eigenvalue weighted by atomic mass is 16.7. The first-order chi connectivity index (χ1) is 24.5. The molecule has 18 atom stereocenters. The molecule has 0 amide bonds. The van der Waals surface area contributed by atoms with E-state index in [9.17, 15) is 35.4 Å². The van der Waals surface area contributed by atoms with Crippen LogP contribution in [0.5, 0.6) is 0 Å². The van der Waals surface area contributed by atoms with Crippen molar-refractivity contribution in [2.24, 2.45) is 17.8 Å². The SMILES string of the molecule is CC[C@H]1OC(=O)[C@H](C)[C@@H](O[C@H]2C[C@@](CO)(OC)[C@@H](O)[C@H](C)O2)[C@H](C)[C@@H](O[C@@H]2O[C@H](C)C[C@H](N(C)C)[C@H]2O)[C@](C)(O)C[C@@H](C)CN(C)[C@H](C)[C@@H](O)[C@]1(C)O. The number of hydrogen-bond acceptors (Lipinski definition) is 15. The van der Waals surface area contributed by atoms with Crippen LogP contribution in [0.4, 0.5) is 0 Å². The summed E-state index contributed by atoms with van der Waals surface area (Å²) < 4.78 is 37.3. The Kier molecular flexibility index (Phi) is 16.2. The van der Waals surface area contributed by atoms with Gasteiger partial charge in [-0.1, -0.05) is 20.8 Å². The molecular formula is C38H72N2O13. The second-order valence-corrected chi connectivity index (χ2v) is 17.1. The van der Waals surface area contributed by atoms with Crippen molar-refractivity contribution >= 4 is 5.97 Å². The van der Waals surface area contributed by atoms with Gasteiger partial charge in [0.1, 0.15) is 35.6 Å². The number of hydrogen-bond donors (Lipinski definition) is 6. The second kappa shape index (κ2) is 18.5. The van der Waals surface area contributed by atoms with E-state index < -0.39 is 103 Å². The summed E-state index contributed by atoms with van der Waals surface area (Å²) >= 11 is 0. The van der Waals surface area contributed by atoms with E-state index in [1.807, 2.05) is 44.8 Å². The average molecular weight is 765 g/mol. The van der Waals surface area contributed by atoms with Gasteiger partial charge in [-0.05, 0) is 87.9 Å². The van der Waals surface area contributed by atoms with Crippen LogP contribution < -0.4 is 0 Å². The highest BCUT2D eigenvalue weighted by Gasteiger charge is 2.53. The van der Waals surface area contributed by atoms with Gasteiger partial charge in [-0.2, -0.15) is 0 Å².